The van der Waals surface area contributed by atoms with E-state index in [0.717, 1.165) is 0 Å². The number of hydrogen-bond acceptors (Lipinski definition) is 1. The molecular weight excluding hydrogens is 170 g/mol. The fourth-order valence-electron chi connectivity index (χ4n) is 2.16. The normalized spacial score (nSPS) is 15.9. The number of anilines is 1. The van der Waals surface area contributed by atoms with Gasteiger partial charge in [0.15, 0.2) is 0 Å². The summed E-state index contributed by atoms with van der Waals surface area (Å²) in [6.45, 7) is 8.45. The monoisotopic (exact) mass is 187 g/mol. The maximum Gasteiger partial charge on any atom is 0.0401 e. The molecule has 0 N–H and O–H groups in total. The molecule has 0 aromatic heterocycles. The first-order valence-electron chi connectivity index (χ1n) is 5.30. The molecule has 1 aromatic rings. The smallest absolute Gasteiger partial charge is 0.0401 e. The second-order valence-electron chi connectivity index (χ2n) is 3.89. The minimum absolute atomic E-state index is 1.21. The molecule has 1 nitrogen and oxygen atoms in total. The molecule has 0 atom stereocenters. The highest BCUT2D eigenvalue weighted by atomic mass is 15.1. The molecule has 2 rings (SSSR count). The van der Waals surface area contributed by atoms with Gasteiger partial charge in [-0.25, -0.2) is 0 Å². The van der Waals surface area contributed by atoms with Crippen LogP contribution in [0.3, 0.4) is 0 Å². The minimum Gasteiger partial charge on any atom is -0.371 e. The quantitative estimate of drug-likeness (QED) is 0.687. The second kappa shape index (κ2) is 3.87. The van der Waals surface area contributed by atoms with E-state index in [9.17, 15) is 0 Å². The van der Waals surface area contributed by atoms with Gasteiger partial charge in [-0.15, -0.1) is 0 Å². The van der Waals surface area contributed by atoms with Crippen molar-refractivity contribution in [2.45, 2.75) is 19.8 Å². The predicted molar refractivity (Wildman–Crippen MR) is 62.7 cm³/mol. The van der Waals surface area contributed by atoms with Crippen LogP contribution in [0.1, 0.15) is 24.0 Å². The third-order valence-electron chi connectivity index (χ3n) is 3.01. The molecule has 0 unspecified atom stereocenters. The molecule has 1 aromatic carbocycles. The number of hydrogen-bond donors (Lipinski definition) is 0. The summed E-state index contributed by atoms with van der Waals surface area (Å²) in [5.41, 5.74) is 4.01. The van der Waals surface area contributed by atoms with E-state index in [0.29, 0.717) is 0 Å². The van der Waals surface area contributed by atoms with Gasteiger partial charge in [0.25, 0.3) is 0 Å². The molecule has 1 heterocycles. The van der Waals surface area contributed by atoms with Crippen LogP contribution >= 0.6 is 0 Å². The van der Waals surface area contributed by atoms with Gasteiger partial charge in [-0.2, -0.15) is 0 Å². The molecule has 0 bridgehead atoms. The van der Waals surface area contributed by atoms with Gasteiger partial charge in [-0.3, -0.25) is 0 Å². The van der Waals surface area contributed by atoms with Gasteiger partial charge in [0, 0.05) is 18.8 Å². The molecule has 74 valence electrons. The van der Waals surface area contributed by atoms with Crippen LogP contribution in [0.25, 0.3) is 6.08 Å². The predicted octanol–water partition coefficient (Wildman–Crippen LogP) is 3.24. The summed E-state index contributed by atoms with van der Waals surface area (Å²) in [6.07, 6.45) is 4.60. The van der Waals surface area contributed by atoms with Gasteiger partial charge in [0.1, 0.15) is 0 Å². The van der Waals surface area contributed by atoms with E-state index in [1.165, 1.54) is 42.7 Å². The Morgan fingerprint density at radius 3 is 2.64 bits per heavy atom. The van der Waals surface area contributed by atoms with Crippen LogP contribution in [0, 0.1) is 6.92 Å². The lowest BCUT2D eigenvalue weighted by molar-refractivity contribution is 0.949. The van der Waals surface area contributed by atoms with E-state index in [1.54, 1.807) is 0 Å². The molecule has 0 saturated carbocycles. The minimum atomic E-state index is 1.21. The molecule has 0 amide bonds. The molecule has 0 radical (unpaired) electrons. The van der Waals surface area contributed by atoms with Crippen molar-refractivity contribution in [2.24, 2.45) is 0 Å². The van der Waals surface area contributed by atoms with Gasteiger partial charge in [0.05, 0.1) is 0 Å². The van der Waals surface area contributed by atoms with Crippen LogP contribution in [0.5, 0.6) is 0 Å². The maximum absolute atomic E-state index is 3.84. The zero-order valence-corrected chi connectivity index (χ0v) is 8.79. The first-order valence-corrected chi connectivity index (χ1v) is 5.30. The van der Waals surface area contributed by atoms with Crippen LogP contribution < -0.4 is 4.90 Å². The molecule has 14 heavy (non-hydrogen) atoms. The Balaban J connectivity index is 2.36. The fraction of sp³-hybridized carbons (Fsp3) is 0.385. The van der Waals surface area contributed by atoms with Crippen LogP contribution in [-0.4, -0.2) is 13.1 Å². The van der Waals surface area contributed by atoms with Crippen molar-refractivity contribution in [3.63, 3.8) is 0 Å². The average molecular weight is 187 g/mol. The first-order chi connectivity index (χ1) is 6.83. The molecule has 1 aliphatic heterocycles. The Bertz CT molecular complexity index is 335. The van der Waals surface area contributed by atoms with Crippen LogP contribution in [0.2, 0.25) is 0 Å². The highest BCUT2D eigenvalue weighted by Crippen LogP contribution is 2.26. The van der Waals surface area contributed by atoms with Crippen molar-refractivity contribution in [3.8, 4) is 0 Å². The Labute approximate surface area is 86.1 Å². The Hall–Kier alpha value is -1.24. The summed E-state index contributed by atoms with van der Waals surface area (Å²) in [4.78, 5) is 2.47. The van der Waals surface area contributed by atoms with Crippen molar-refractivity contribution in [1.29, 1.82) is 0 Å². The average Bonchev–Trinajstić information content (AvgIpc) is 2.71. The highest BCUT2D eigenvalue weighted by Gasteiger charge is 2.14. The summed E-state index contributed by atoms with van der Waals surface area (Å²) < 4.78 is 0. The second-order valence-corrected chi connectivity index (χ2v) is 3.89. The fourth-order valence-corrected chi connectivity index (χ4v) is 2.16. The van der Waals surface area contributed by atoms with E-state index >= 15 is 0 Å². The van der Waals surface area contributed by atoms with Crippen molar-refractivity contribution in [3.05, 3.63) is 35.9 Å². The van der Waals surface area contributed by atoms with Gasteiger partial charge in [-0.1, -0.05) is 24.8 Å². The van der Waals surface area contributed by atoms with E-state index in [-0.39, 0.29) is 0 Å². The van der Waals surface area contributed by atoms with E-state index in [1.807, 2.05) is 6.08 Å². The third-order valence-corrected chi connectivity index (χ3v) is 3.01. The van der Waals surface area contributed by atoms with Gasteiger partial charge in [-0.05, 0) is 37.0 Å². The Morgan fingerprint density at radius 1 is 1.29 bits per heavy atom. The number of rotatable bonds is 2. The lowest BCUT2D eigenvalue weighted by Gasteiger charge is -2.21. The Morgan fingerprint density at radius 2 is 2.00 bits per heavy atom. The van der Waals surface area contributed by atoms with E-state index in [4.69, 9.17) is 0 Å². The molecule has 1 fully saturated rings. The highest BCUT2D eigenvalue weighted by molar-refractivity contribution is 5.64. The Kier molecular flexibility index (Phi) is 2.58. The SMILES string of the molecule is C=Cc1cccc(N2CCCC2)c1C. The lowest BCUT2D eigenvalue weighted by atomic mass is 10.1. The van der Waals surface area contributed by atoms with Crippen molar-refractivity contribution in [2.75, 3.05) is 18.0 Å². The summed E-state index contributed by atoms with van der Waals surface area (Å²) in [6, 6.07) is 6.47. The van der Waals surface area contributed by atoms with Crippen LogP contribution in [0.15, 0.2) is 24.8 Å². The molecule has 1 aliphatic rings. The zero-order valence-electron chi connectivity index (χ0n) is 8.79. The molecular formula is C13H17N. The summed E-state index contributed by atoms with van der Waals surface area (Å²) in [5, 5.41) is 0. The summed E-state index contributed by atoms with van der Waals surface area (Å²) in [5.74, 6) is 0. The summed E-state index contributed by atoms with van der Waals surface area (Å²) in [7, 11) is 0. The molecule has 1 heteroatoms. The van der Waals surface area contributed by atoms with Gasteiger partial charge >= 0.3 is 0 Å². The van der Waals surface area contributed by atoms with E-state index < -0.39 is 0 Å². The third kappa shape index (κ3) is 1.54. The van der Waals surface area contributed by atoms with Crippen LogP contribution in [0.4, 0.5) is 5.69 Å². The largest absolute Gasteiger partial charge is 0.371 e. The first kappa shape index (κ1) is 9.32. The maximum atomic E-state index is 3.84. The number of benzene rings is 1. The molecule has 0 spiro atoms. The standard InChI is InChI=1S/C13H17N/c1-3-12-7-6-8-13(11(12)2)14-9-4-5-10-14/h3,6-8H,1,4-5,9-10H2,2H3. The van der Waals surface area contributed by atoms with Gasteiger partial charge < -0.3 is 4.90 Å². The summed E-state index contributed by atoms with van der Waals surface area (Å²) >= 11 is 0. The topological polar surface area (TPSA) is 3.24 Å². The van der Waals surface area contributed by atoms with Crippen molar-refractivity contribution < 1.29 is 0 Å². The zero-order chi connectivity index (χ0) is 9.97. The number of nitrogens with zero attached hydrogens (tertiary/aromatic N) is 1. The van der Waals surface area contributed by atoms with Crippen molar-refractivity contribution in [1.82, 2.24) is 0 Å². The van der Waals surface area contributed by atoms with Crippen LogP contribution in [-0.2, 0) is 0 Å². The van der Waals surface area contributed by atoms with Gasteiger partial charge in [0.2, 0.25) is 0 Å². The molecule has 0 aliphatic carbocycles. The molecule has 1 saturated heterocycles. The lowest BCUT2D eigenvalue weighted by Crippen LogP contribution is -2.18. The van der Waals surface area contributed by atoms with E-state index in [2.05, 4.69) is 36.6 Å². The van der Waals surface area contributed by atoms with Crippen molar-refractivity contribution >= 4 is 11.8 Å².